The molecule has 0 amide bonds. The molecule has 0 N–H and O–H groups in total. The first kappa shape index (κ1) is 15.1. The van der Waals surface area contributed by atoms with E-state index in [1.165, 1.54) is 0 Å². The van der Waals surface area contributed by atoms with Crippen LogP contribution in [0.1, 0.15) is 56.5 Å². The molecule has 18 heavy (non-hydrogen) atoms. The lowest BCUT2D eigenvalue weighted by atomic mass is 9.73. The third-order valence-corrected chi connectivity index (χ3v) is 2.74. The Balaban J connectivity index is 3.65. The molecule has 1 heterocycles. The summed E-state index contributed by atoms with van der Waals surface area (Å²) >= 11 is 0. The molecule has 4 radical (unpaired) electrons. The molecule has 0 aliphatic heterocycles. The maximum absolute atomic E-state index is 12.8. The first-order valence-corrected chi connectivity index (χ1v) is 5.73. The molecule has 1 nitrogen and oxygen atoms in total. The highest BCUT2D eigenvalue weighted by atomic mass is 19.4. The van der Waals surface area contributed by atoms with Gasteiger partial charge in [0.15, 0.2) is 0 Å². The second kappa shape index (κ2) is 4.98. The first-order valence-electron chi connectivity index (χ1n) is 5.73. The van der Waals surface area contributed by atoms with Gasteiger partial charge in [-0.05, 0) is 17.4 Å². The van der Waals surface area contributed by atoms with Gasteiger partial charge in [0.2, 0.25) is 0 Å². The van der Waals surface area contributed by atoms with E-state index in [1.807, 2.05) is 13.8 Å². The quantitative estimate of drug-likeness (QED) is 0.732. The number of alkyl halides is 3. The van der Waals surface area contributed by atoms with Gasteiger partial charge in [-0.25, -0.2) is 4.98 Å². The molecule has 6 heteroatoms. The Morgan fingerprint density at radius 1 is 0.944 bits per heavy atom. The zero-order valence-electron chi connectivity index (χ0n) is 10.9. The van der Waals surface area contributed by atoms with Gasteiger partial charge in [-0.15, -0.1) is 0 Å². The molecule has 94 valence electrons. The Morgan fingerprint density at radius 3 is 1.78 bits per heavy atom. The summed E-state index contributed by atoms with van der Waals surface area (Å²) in [5.74, 6) is -0.175. The van der Waals surface area contributed by atoms with Crippen LogP contribution >= 0.6 is 0 Å². The van der Waals surface area contributed by atoms with E-state index in [1.54, 1.807) is 13.8 Å². The standard InChI is InChI=1S/C12H14B2F3N/c1-5(2)7-8(13)9(14)11(12(15,16)17)18-10(7)6(3)4/h5-6H,1-4H3. The van der Waals surface area contributed by atoms with E-state index in [2.05, 4.69) is 4.98 Å². The second-order valence-corrected chi connectivity index (χ2v) is 4.89. The Bertz CT molecular complexity index is 454. The Labute approximate surface area is 108 Å². The third-order valence-electron chi connectivity index (χ3n) is 2.74. The molecule has 1 aromatic heterocycles. The van der Waals surface area contributed by atoms with Crippen molar-refractivity contribution in [3.63, 3.8) is 0 Å². The van der Waals surface area contributed by atoms with Crippen molar-refractivity contribution in [3.05, 3.63) is 17.0 Å². The van der Waals surface area contributed by atoms with Crippen LogP contribution in [0, 0.1) is 0 Å². The molecule has 0 saturated carbocycles. The lowest BCUT2D eigenvalue weighted by molar-refractivity contribution is -0.140. The molecule has 0 fully saturated rings. The van der Waals surface area contributed by atoms with Gasteiger partial charge in [0.1, 0.15) is 21.4 Å². The van der Waals surface area contributed by atoms with Crippen molar-refractivity contribution < 1.29 is 13.2 Å². The monoisotopic (exact) mass is 251 g/mol. The number of hydrogen-bond donors (Lipinski definition) is 0. The summed E-state index contributed by atoms with van der Waals surface area (Å²) in [5, 5.41) is 0. The normalized spacial score (nSPS) is 12.5. The van der Waals surface area contributed by atoms with Crippen LogP contribution in [0.5, 0.6) is 0 Å². The highest BCUT2D eigenvalue weighted by molar-refractivity contribution is 6.49. The summed E-state index contributed by atoms with van der Waals surface area (Å²) in [7, 11) is 11.2. The number of hydrogen-bond acceptors (Lipinski definition) is 1. The Hall–Kier alpha value is -0.930. The number of pyridine rings is 1. The number of aromatic nitrogens is 1. The number of nitrogens with zero attached hydrogens (tertiary/aromatic N) is 1. The molecular formula is C12H14B2F3N. The van der Waals surface area contributed by atoms with Crippen LogP contribution in [0.4, 0.5) is 13.2 Å². The summed E-state index contributed by atoms with van der Waals surface area (Å²) in [6.07, 6.45) is -4.59. The van der Waals surface area contributed by atoms with Crippen LogP contribution in [0.25, 0.3) is 0 Å². The summed E-state index contributed by atoms with van der Waals surface area (Å²) in [4.78, 5) is 3.70. The Kier molecular flexibility index (Phi) is 4.19. The van der Waals surface area contributed by atoms with Gasteiger partial charge in [-0.2, -0.15) is 13.2 Å². The number of halogens is 3. The van der Waals surface area contributed by atoms with Gasteiger partial charge in [-0.3, -0.25) is 0 Å². The fourth-order valence-corrected chi connectivity index (χ4v) is 1.91. The second-order valence-electron chi connectivity index (χ2n) is 4.89. The fraction of sp³-hybridized carbons (Fsp3) is 0.583. The van der Waals surface area contributed by atoms with Crippen LogP contribution in [-0.4, -0.2) is 20.7 Å². The molecule has 0 aromatic carbocycles. The van der Waals surface area contributed by atoms with Gasteiger partial charge >= 0.3 is 6.18 Å². The van der Waals surface area contributed by atoms with Crippen molar-refractivity contribution in [2.45, 2.75) is 45.7 Å². The minimum atomic E-state index is -4.59. The fourth-order valence-electron chi connectivity index (χ4n) is 1.91. The van der Waals surface area contributed by atoms with Crippen molar-refractivity contribution in [2.75, 3.05) is 0 Å². The highest BCUT2D eigenvalue weighted by Crippen LogP contribution is 2.29. The van der Waals surface area contributed by atoms with E-state index in [-0.39, 0.29) is 17.3 Å². The van der Waals surface area contributed by atoms with Crippen molar-refractivity contribution in [1.29, 1.82) is 0 Å². The average molecular weight is 251 g/mol. The minimum absolute atomic E-state index is 0.00368. The lowest BCUT2D eigenvalue weighted by Crippen LogP contribution is -2.39. The van der Waals surface area contributed by atoms with Crippen molar-refractivity contribution in [2.24, 2.45) is 0 Å². The summed E-state index contributed by atoms with van der Waals surface area (Å²) in [6, 6.07) is 0. The van der Waals surface area contributed by atoms with Gasteiger partial charge in [-0.1, -0.05) is 38.6 Å². The van der Waals surface area contributed by atoms with E-state index in [9.17, 15) is 13.2 Å². The van der Waals surface area contributed by atoms with Crippen molar-refractivity contribution >= 4 is 26.6 Å². The first-order chi connectivity index (χ1) is 8.07. The van der Waals surface area contributed by atoms with Gasteiger partial charge in [0, 0.05) is 5.69 Å². The lowest BCUT2D eigenvalue weighted by Gasteiger charge is -2.23. The van der Waals surface area contributed by atoms with E-state index in [4.69, 9.17) is 15.7 Å². The van der Waals surface area contributed by atoms with Gasteiger partial charge in [0.05, 0.1) is 0 Å². The largest absolute Gasteiger partial charge is 0.432 e. The molecule has 1 rings (SSSR count). The molecule has 0 spiro atoms. The minimum Gasteiger partial charge on any atom is -0.248 e. The molecule has 0 unspecified atom stereocenters. The summed E-state index contributed by atoms with van der Waals surface area (Å²) in [6.45, 7) is 7.27. The third kappa shape index (κ3) is 2.73. The van der Waals surface area contributed by atoms with Crippen LogP contribution in [-0.2, 0) is 6.18 Å². The van der Waals surface area contributed by atoms with Crippen LogP contribution in [0.2, 0.25) is 0 Å². The average Bonchev–Trinajstić information content (AvgIpc) is 2.18. The van der Waals surface area contributed by atoms with E-state index in [0.717, 1.165) is 0 Å². The van der Waals surface area contributed by atoms with Crippen LogP contribution < -0.4 is 10.9 Å². The molecule has 0 saturated heterocycles. The Morgan fingerprint density at radius 2 is 1.44 bits per heavy atom. The van der Waals surface area contributed by atoms with E-state index < -0.39 is 17.3 Å². The zero-order valence-corrected chi connectivity index (χ0v) is 10.9. The van der Waals surface area contributed by atoms with E-state index >= 15 is 0 Å². The highest BCUT2D eigenvalue weighted by Gasteiger charge is 2.36. The predicted octanol–water partition coefficient (Wildman–Crippen LogP) is 1.93. The van der Waals surface area contributed by atoms with Crippen molar-refractivity contribution in [1.82, 2.24) is 4.98 Å². The predicted molar refractivity (Wildman–Crippen MR) is 68.2 cm³/mol. The topological polar surface area (TPSA) is 12.9 Å². The van der Waals surface area contributed by atoms with Gasteiger partial charge in [0.25, 0.3) is 0 Å². The maximum atomic E-state index is 12.8. The summed E-state index contributed by atoms with van der Waals surface area (Å²) < 4.78 is 38.4. The smallest absolute Gasteiger partial charge is 0.248 e. The molecule has 0 aliphatic rings. The van der Waals surface area contributed by atoms with E-state index in [0.29, 0.717) is 11.3 Å². The summed E-state index contributed by atoms with van der Waals surface area (Å²) in [5.41, 5.74) is -0.598. The van der Waals surface area contributed by atoms with Crippen LogP contribution in [0.3, 0.4) is 0 Å². The zero-order chi connectivity index (χ0) is 14.2. The molecule has 1 aromatic rings. The van der Waals surface area contributed by atoms with Gasteiger partial charge < -0.3 is 0 Å². The molecule has 0 aliphatic carbocycles. The van der Waals surface area contributed by atoms with Crippen molar-refractivity contribution in [3.8, 4) is 0 Å². The molecular weight excluding hydrogens is 237 g/mol. The number of rotatable bonds is 2. The SMILES string of the molecule is [B]c1c(C(F)(F)F)nc(C(C)C)c(C(C)C)c1[B]. The maximum Gasteiger partial charge on any atom is 0.432 e. The molecule has 0 bridgehead atoms. The molecule has 0 atom stereocenters. The van der Waals surface area contributed by atoms with Crippen LogP contribution in [0.15, 0.2) is 0 Å².